The van der Waals surface area contributed by atoms with E-state index in [1.165, 1.54) is 12.5 Å². The fraction of sp³-hybridized carbons (Fsp3) is 0.625. The van der Waals surface area contributed by atoms with Crippen molar-refractivity contribution in [3.63, 3.8) is 0 Å². The monoisotopic (exact) mass is 278 g/mol. The summed E-state index contributed by atoms with van der Waals surface area (Å²) in [6.07, 6.45) is 1.23. The number of hydrogen-bond donors (Lipinski definition) is 1. The largest absolute Gasteiger partial charge is 0.371 e. The Morgan fingerprint density at radius 1 is 1.50 bits per heavy atom. The Morgan fingerprint density at radius 3 is 3.15 bits per heavy atom. The number of ether oxygens (including phenoxy) is 1. The molecule has 0 radical (unpaired) electrons. The van der Waals surface area contributed by atoms with Gasteiger partial charge < -0.3 is 10.1 Å². The van der Waals surface area contributed by atoms with Crippen LogP contribution in [0.25, 0.3) is 0 Å². The van der Waals surface area contributed by atoms with Crippen molar-refractivity contribution in [2.24, 2.45) is 5.41 Å². The number of nitrogens with zero attached hydrogens (tertiary/aromatic N) is 1. The van der Waals surface area contributed by atoms with Crippen molar-refractivity contribution in [1.82, 2.24) is 10.2 Å². The lowest BCUT2D eigenvalue weighted by Crippen LogP contribution is -2.44. The van der Waals surface area contributed by atoms with E-state index in [0.717, 1.165) is 44.9 Å². The molecule has 1 N–H and O–H groups in total. The van der Waals surface area contributed by atoms with Crippen molar-refractivity contribution in [1.29, 1.82) is 0 Å². The summed E-state index contributed by atoms with van der Waals surface area (Å²) in [4.78, 5) is 2.46. The molecule has 2 aliphatic rings. The van der Waals surface area contributed by atoms with Gasteiger partial charge in [0, 0.05) is 26.2 Å². The van der Waals surface area contributed by atoms with Gasteiger partial charge in [-0.3, -0.25) is 4.90 Å². The van der Waals surface area contributed by atoms with Crippen molar-refractivity contribution in [2.45, 2.75) is 19.4 Å². The second kappa shape index (κ2) is 5.80. The van der Waals surface area contributed by atoms with E-state index in [4.69, 9.17) is 4.74 Å². The Hall–Kier alpha value is -0.970. The van der Waals surface area contributed by atoms with Gasteiger partial charge in [-0.05, 0) is 36.1 Å². The number of rotatable bonds is 3. The van der Waals surface area contributed by atoms with Crippen LogP contribution in [0.5, 0.6) is 0 Å². The fourth-order valence-electron chi connectivity index (χ4n) is 3.30. The van der Waals surface area contributed by atoms with Crippen LogP contribution in [0, 0.1) is 11.2 Å². The summed E-state index contributed by atoms with van der Waals surface area (Å²) in [5, 5.41) is 3.45. The fourth-order valence-corrected chi connectivity index (χ4v) is 3.30. The Kier molecular flexibility index (Phi) is 4.06. The van der Waals surface area contributed by atoms with Crippen molar-refractivity contribution in [2.75, 3.05) is 39.3 Å². The van der Waals surface area contributed by atoms with Crippen LogP contribution in [0.15, 0.2) is 24.3 Å². The van der Waals surface area contributed by atoms with Crippen LogP contribution in [0.3, 0.4) is 0 Å². The zero-order valence-electron chi connectivity index (χ0n) is 12.1. The van der Waals surface area contributed by atoms with Crippen molar-refractivity contribution in [3.8, 4) is 0 Å². The van der Waals surface area contributed by atoms with Gasteiger partial charge in [0.05, 0.1) is 12.7 Å². The Morgan fingerprint density at radius 2 is 2.40 bits per heavy atom. The van der Waals surface area contributed by atoms with Gasteiger partial charge in [-0.25, -0.2) is 4.39 Å². The van der Waals surface area contributed by atoms with E-state index in [0.29, 0.717) is 5.41 Å². The number of benzene rings is 1. The highest BCUT2D eigenvalue weighted by atomic mass is 19.1. The van der Waals surface area contributed by atoms with Gasteiger partial charge in [0.15, 0.2) is 0 Å². The van der Waals surface area contributed by atoms with Gasteiger partial charge in [0.25, 0.3) is 0 Å². The van der Waals surface area contributed by atoms with Gasteiger partial charge in [0.2, 0.25) is 0 Å². The number of nitrogens with one attached hydrogen (secondary N) is 1. The molecule has 0 bridgehead atoms. The van der Waals surface area contributed by atoms with Crippen molar-refractivity contribution < 1.29 is 9.13 Å². The highest BCUT2D eigenvalue weighted by Crippen LogP contribution is 2.29. The molecule has 1 aromatic rings. The van der Waals surface area contributed by atoms with Gasteiger partial charge in [-0.15, -0.1) is 0 Å². The summed E-state index contributed by atoms with van der Waals surface area (Å²) in [6.45, 7) is 8.21. The summed E-state index contributed by atoms with van der Waals surface area (Å²) in [7, 11) is 0. The molecule has 0 amide bonds. The smallest absolute Gasteiger partial charge is 0.123 e. The normalized spacial score (nSPS) is 31.6. The Balaban J connectivity index is 1.64. The van der Waals surface area contributed by atoms with E-state index in [2.05, 4.69) is 17.1 Å². The first-order valence-corrected chi connectivity index (χ1v) is 7.45. The predicted octanol–water partition coefficient (Wildman–Crippen LogP) is 2.20. The highest BCUT2D eigenvalue weighted by Gasteiger charge is 2.33. The van der Waals surface area contributed by atoms with Crippen LogP contribution >= 0.6 is 0 Å². The van der Waals surface area contributed by atoms with Gasteiger partial charge >= 0.3 is 0 Å². The molecule has 110 valence electrons. The van der Waals surface area contributed by atoms with E-state index in [9.17, 15) is 4.39 Å². The SMILES string of the molecule is CC1(CN2CCOC(c3cccc(F)c3)C2)CCNC1. The lowest BCUT2D eigenvalue weighted by atomic mass is 9.89. The predicted molar refractivity (Wildman–Crippen MR) is 77.1 cm³/mol. The van der Waals surface area contributed by atoms with E-state index >= 15 is 0 Å². The molecule has 2 saturated heterocycles. The van der Waals surface area contributed by atoms with Crippen LogP contribution < -0.4 is 5.32 Å². The Labute approximate surface area is 120 Å². The maximum atomic E-state index is 13.3. The average molecular weight is 278 g/mol. The van der Waals surface area contributed by atoms with E-state index in [1.54, 1.807) is 12.1 Å². The average Bonchev–Trinajstić information content (AvgIpc) is 2.85. The molecule has 2 unspecified atom stereocenters. The minimum Gasteiger partial charge on any atom is -0.371 e. The number of morpholine rings is 1. The molecule has 3 rings (SSSR count). The van der Waals surface area contributed by atoms with Crippen LogP contribution in [0.2, 0.25) is 0 Å². The molecule has 2 atom stereocenters. The van der Waals surface area contributed by atoms with Gasteiger partial charge in [-0.2, -0.15) is 0 Å². The molecule has 4 heteroatoms. The third kappa shape index (κ3) is 3.19. The van der Waals surface area contributed by atoms with Crippen LogP contribution in [0.1, 0.15) is 25.0 Å². The molecule has 0 aromatic heterocycles. The molecule has 0 aliphatic carbocycles. The third-order valence-corrected chi connectivity index (χ3v) is 4.43. The molecule has 3 nitrogen and oxygen atoms in total. The topological polar surface area (TPSA) is 24.5 Å². The van der Waals surface area contributed by atoms with Gasteiger partial charge in [0.1, 0.15) is 5.82 Å². The molecule has 1 aromatic carbocycles. The highest BCUT2D eigenvalue weighted by molar-refractivity contribution is 5.19. The first kappa shape index (κ1) is 14.0. The number of hydrogen-bond acceptors (Lipinski definition) is 3. The zero-order chi connectivity index (χ0) is 14.0. The van der Waals surface area contributed by atoms with Crippen LogP contribution in [-0.4, -0.2) is 44.2 Å². The third-order valence-electron chi connectivity index (χ3n) is 4.43. The zero-order valence-corrected chi connectivity index (χ0v) is 12.1. The van der Waals surface area contributed by atoms with Crippen LogP contribution in [-0.2, 0) is 4.74 Å². The molecule has 2 fully saturated rings. The van der Waals surface area contributed by atoms with E-state index < -0.39 is 0 Å². The van der Waals surface area contributed by atoms with E-state index in [1.807, 2.05) is 6.07 Å². The second-order valence-corrected chi connectivity index (χ2v) is 6.39. The molecule has 0 saturated carbocycles. The lowest BCUT2D eigenvalue weighted by Gasteiger charge is -2.37. The van der Waals surface area contributed by atoms with Gasteiger partial charge in [-0.1, -0.05) is 19.1 Å². The summed E-state index contributed by atoms with van der Waals surface area (Å²) < 4.78 is 19.2. The standard InChI is InChI=1S/C16H23FN2O/c1-16(5-6-18-11-16)12-19-7-8-20-15(10-19)13-3-2-4-14(17)9-13/h2-4,9,15,18H,5-8,10-12H2,1H3. The molecule has 2 heterocycles. The summed E-state index contributed by atoms with van der Waals surface area (Å²) in [6, 6.07) is 6.79. The van der Waals surface area contributed by atoms with Crippen molar-refractivity contribution >= 4 is 0 Å². The summed E-state index contributed by atoms with van der Waals surface area (Å²) in [5.41, 5.74) is 1.31. The summed E-state index contributed by atoms with van der Waals surface area (Å²) in [5.74, 6) is -0.185. The molecule has 2 aliphatic heterocycles. The minimum absolute atomic E-state index is 0.00240. The maximum absolute atomic E-state index is 13.3. The quantitative estimate of drug-likeness (QED) is 0.917. The molecule has 0 spiro atoms. The lowest BCUT2D eigenvalue weighted by molar-refractivity contribution is -0.0401. The van der Waals surface area contributed by atoms with Crippen molar-refractivity contribution in [3.05, 3.63) is 35.6 Å². The molecule has 20 heavy (non-hydrogen) atoms. The maximum Gasteiger partial charge on any atom is 0.123 e. The Bertz CT molecular complexity index is 460. The minimum atomic E-state index is -0.185. The molecular weight excluding hydrogens is 255 g/mol. The summed E-state index contributed by atoms with van der Waals surface area (Å²) >= 11 is 0. The van der Waals surface area contributed by atoms with E-state index in [-0.39, 0.29) is 11.9 Å². The second-order valence-electron chi connectivity index (χ2n) is 6.39. The van der Waals surface area contributed by atoms with Crippen LogP contribution in [0.4, 0.5) is 4.39 Å². The molecular formula is C16H23FN2O. The number of halogens is 1. The first-order chi connectivity index (χ1) is 9.65. The first-order valence-electron chi connectivity index (χ1n) is 7.45.